The highest BCUT2D eigenvalue weighted by Gasteiger charge is 2.47. The van der Waals surface area contributed by atoms with Gasteiger partial charge >= 0.3 is 0 Å². The summed E-state index contributed by atoms with van der Waals surface area (Å²) in [7, 11) is 0.610. The van der Waals surface area contributed by atoms with Crippen molar-refractivity contribution in [2.75, 3.05) is 38.6 Å². The van der Waals surface area contributed by atoms with Gasteiger partial charge in [0.15, 0.2) is 0 Å². The predicted molar refractivity (Wildman–Crippen MR) is 100.0 cm³/mol. The van der Waals surface area contributed by atoms with Crippen LogP contribution in [0.25, 0.3) is 0 Å². The van der Waals surface area contributed by atoms with Crippen LogP contribution in [-0.2, 0) is 9.84 Å². The van der Waals surface area contributed by atoms with Crippen LogP contribution < -0.4 is 22.2 Å². The molecule has 2 atom stereocenters. The number of thiophene rings is 1. The first-order valence-corrected chi connectivity index (χ1v) is 11.0. The number of sulfone groups is 1. The molecule has 3 aliphatic heterocycles. The third kappa shape index (κ3) is 3.17. The van der Waals surface area contributed by atoms with Crippen LogP contribution in [0.5, 0.6) is 0 Å². The van der Waals surface area contributed by atoms with Crippen molar-refractivity contribution in [2.45, 2.75) is 5.25 Å². The Bertz CT molecular complexity index is 860. The molecule has 0 saturated carbocycles. The van der Waals surface area contributed by atoms with Gasteiger partial charge < -0.3 is 22.2 Å². The van der Waals surface area contributed by atoms with Crippen LogP contribution >= 0.6 is 23.1 Å². The van der Waals surface area contributed by atoms with Gasteiger partial charge in [0.05, 0.1) is 5.00 Å². The Morgan fingerprint density at radius 2 is 2.24 bits per heavy atom. The third-order valence-corrected chi connectivity index (χ3v) is 8.30. The maximum atomic E-state index is 13.3. The van der Waals surface area contributed by atoms with Gasteiger partial charge in [-0.15, -0.1) is 11.3 Å². The molecule has 0 spiro atoms. The Hall–Kier alpha value is -0.840. The van der Waals surface area contributed by atoms with Crippen LogP contribution in [0, 0.1) is 0 Å². The van der Waals surface area contributed by atoms with Crippen LogP contribution in [0.2, 0.25) is 0 Å². The summed E-state index contributed by atoms with van der Waals surface area (Å²) in [4.78, 5) is 9.33. The van der Waals surface area contributed by atoms with E-state index in [-0.39, 0.29) is 12.4 Å². The fourth-order valence-corrected chi connectivity index (χ4v) is 6.90. The number of hydrogen-bond donors (Lipinski definition) is 1. The zero-order valence-corrected chi connectivity index (χ0v) is 17.1. The number of thioether (sulfide) groups is 1. The van der Waals surface area contributed by atoms with E-state index in [0.717, 1.165) is 33.7 Å². The van der Waals surface area contributed by atoms with E-state index in [9.17, 15) is 8.42 Å². The summed E-state index contributed by atoms with van der Waals surface area (Å²) in [6.07, 6.45) is 3.37. The number of nitrogens with zero attached hydrogens (tertiary/aromatic N) is 3. The van der Waals surface area contributed by atoms with Crippen LogP contribution in [0.3, 0.4) is 0 Å². The van der Waals surface area contributed by atoms with Crippen LogP contribution in [0.1, 0.15) is 10.8 Å². The molecule has 1 N–H and O–H groups in total. The first kappa shape index (κ1) is 18.9. The molecule has 0 bridgehead atoms. The molecule has 1 aromatic rings. The lowest BCUT2D eigenvalue weighted by Crippen LogP contribution is -3.06. The maximum Gasteiger partial charge on any atom is 0.277 e. The van der Waals surface area contributed by atoms with Crippen molar-refractivity contribution in [2.24, 2.45) is 4.99 Å². The van der Waals surface area contributed by atoms with E-state index in [0.29, 0.717) is 11.6 Å². The van der Waals surface area contributed by atoms with Gasteiger partial charge in [0.1, 0.15) is 17.6 Å². The number of halogens is 1. The standard InChI is InChI=1S/C15H18N4O2S3.ClH/c1-17(2)4-5-18-10-12(11-3-7-22-14(11)18)24(20,21)13-9-16-15-19(13)6-8-23-15;/h3,6-9,12H,4-5,10H2,1-2H3;1H. The highest BCUT2D eigenvalue weighted by atomic mass is 35.5. The zero-order valence-electron chi connectivity index (χ0n) is 13.8. The monoisotopic (exact) mass is 418 g/mol. The molecule has 0 amide bonds. The van der Waals surface area contributed by atoms with Crippen molar-refractivity contribution < 1.29 is 25.7 Å². The van der Waals surface area contributed by atoms with Gasteiger partial charge in [0, 0.05) is 30.6 Å². The van der Waals surface area contributed by atoms with E-state index in [2.05, 4.69) is 14.8 Å². The second-order valence-electron chi connectivity index (χ2n) is 6.23. The minimum atomic E-state index is -3.45. The fraction of sp³-hybridized carbons (Fsp3) is 0.400. The number of quaternary nitrogens is 1. The van der Waals surface area contributed by atoms with Gasteiger partial charge in [-0.25, -0.2) is 13.3 Å². The first-order chi connectivity index (χ1) is 11.5. The molecule has 4 rings (SSSR count). The van der Waals surface area contributed by atoms with Gasteiger partial charge in [0.2, 0.25) is 9.84 Å². The van der Waals surface area contributed by atoms with Gasteiger partial charge in [-0.05, 0) is 37.3 Å². The Morgan fingerprint density at radius 1 is 1.44 bits per heavy atom. The molecule has 136 valence electrons. The minimum absolute atomic E-state index is 0. The number of aliphatic imine (C=N–C) groups is 1. The van der Waals surface area contributed by atoms with Crippen LogP contribution in [-0.4, -0.2) is 52.2 Å². The summed E-state index contributed by atoms with van der Waals surface area (Å²) in [6.45, 7) is 2.26. The summed E-state index contributed by atoms with van der Waals surface area (Å²) >= 11 is 3.10. The highest BCUT2D eigenvalue weighted by Crippen LogP contribution is 2.44. The average molecular weight is 419 g/mol. The van der Waals surface area contributed by atoms with Crippen molar-refractivity contribution in [3.05, 3.63) is 39.8 Å². The first-order valence-electron chi connectivity index (χ1n) is 7.68. The quantitative estimate of drug-likeness (QED) is 0.591. The van der Waals surface area contributed by atoms with Crippen molar-refractivity contribution in [1.29, 1.82) is 0 Å². The molecule has 0 fully saturated rings. The summed E-state index contributed by atoms with van der Waals surface area (Å²) in [6, 6.07) is 1.96. The molecule has 0 aliphatic carbocycles. The molecule has 1 aromatic heterocycles. The number of rotatable bonds is 5. The maximum absolute atomic E-state index is 13.3. The van der Waals surface area contributed by atoms with Gasteiger partial charge in [-0.2, -0.15) is 4.99 Å². The largest absolute Gasteiger partial charge is 1.00 e. The molecular formula is C15H19ClN4O2S3. The Morgan fingerprint density at radius 3 is 3.00 bits per heavy atom. The van der Waals surface area contributed by atoms with Crippen molar-refractivity contribution in [3.63, 3.8) is 0 Å². The Kier molecular flexibility index (Phi) is 5.34. The summed E-state index contributed by atoms with van der Waals surface area (Å²) < 4.78 is 26.6. The number of hydrogen-bond acceptors (Lipinski definition) is 7. The predicted octanol–water partition coefficient (Wildman–Crippen LogP) is -2.14. The second kappa shape index (κ2) is 7.05. The van der Waals surface area contributed by atoms with Gasteiger partial charge in [-0.3, -0.25) is 0 Å². The number of nitrogens with one attached hydrogen (secondary N) is 1. The normalized spacial score (nSPS) is 24.2. The lowest BCUT2D eigenvalue weighted by molar-refractivity contribution is -0.680. The molecule has 10 heteroatoms. The lowest BCUT2D eigenvalue weighted by Gasteiger charge is -2.21. The molecule has 3 aliphatic rings. The van der Waals surface area contributed by atoms with Crippen molar-refractivity contribution in [3.8, 4) is 0 Å². The van der Waals surface area contributed by atoms with E-state index in [1.165, 1.54) is 18.0 Å². The molecule has 0 saturated heterocycles. The van der Waals surface area contributed by atoms with E-state index in [1.54, 1.807) is 11.3 Å². The summed E-state index contributed by atoms with van der Waals surface area (Å²) in [5, 5.41) is 5.63. The van der Waals surface area contributed by atoms with E-state index in [1.807, 2.05) is 37.1 Å². The van der Waals surface area contributed by atoms with Crippen molar-refractivity contribution >= 4 is 43.1 Å². The molecule has 6 nitrogen and oxygen atoms in total. The molecule has 0 radical (unpaired) electrons. The molecule has 25 heavy (non-hydrogen) atoms. The molecular weight excluding hydrogens is 400 g/mol. The second-order valence-corrected chi connectivity index (χ2v) is 10.1. The van der Waals surface area contributed by atoms with E-state index in [4.69, 9.17) is 0 Å². The minimum Gasteiger partial charge on any atom is -1.00 e. The summed E-state index contributed by atoms with van der Waals surface area (Å²) in [5.41, 5.74) is 0.934. The number of likely N-dealkylation sites (N-methyl/N-ethyl adjacent to an activating group) is 1. The number of amidine groups is 1. The van der Waals surface area contributed by atoms with Crippen LogP contribution in [0.15, 0.2) is 39.3 Å². The molecule has 2 unspecified atom stereocenters. The number of fused-ring (bicyclic) bond motifs is 2. The SMILES string of the molecule is CN(C)CCN1CC(S(=O)(=O)C2=CN=C3SC=C[NH+]23)c2ccsc21.[Cl-]. The topological polar surface area (TPSA) is 57.4 Å². The Labute approximate surface area is 162 Å². The summed E-state index contributed by atoms with van der Waals surface area (Å²) in [5.74, 6) is 0. The smallest absolute Gasteiger partial charge is 0.277 e. The lowest BCUT2D eigenvalue weighted by atomic mass is 10.3. The van der Waals surface area contributed by atoms with Crippen molar-refractivity contribution in [1.82, 2.24) is 4.90 Å². The zero-order chi connectivity index (χ0) is 16.9. The van der Waals surface area contributed by atoms with E-state index < -0.39 is 15.1 Å². The fourth-order valence-electron chi connectivity index (χ4n) is 3.13. The highest BCUT2D eigenvalue weighted by molar-refractivity contribution is 8.16. The van der Waals surface area contributed by atoms with Crippen LogP contribution in [0.4, 0.5) is 5.00 Å². The van der Waals surface area contributed by atoms with Gasteiger partial charge in [0.25, 0.3) is 10.2 Å². The molecule has 0 aromatic carbocycles. The Balaban J connectivity index is 0.00000182. The average Bonchev–Trinajstić information content (AvgIpc) is 3.25. The van der Waals surface area contributed by atoms with Gasteiger partial charge in [-0.1, -0.05) is 0 Å². The molecule has 4 heterocycles. The number of anilines is 1. The van der Waals surface area contributed by atoms with E-state index >= 15 is 0 Å². The third-order valence-electron chi connectivity index (χ3n) is 4.40.